The summed E-state index contributed by atoms with van der Waals surface area (Å²) in [6.45, 7) is 4.36. The molecule has 2 heterocycles. The smallest absolute Gasteiger partial charge is 0.236 e. The van der Waals surface area contributed by atoms with E-state index in [1.54, 1.807) is 19.0 Å². The Bertz CT molecular complexity index is 518. The van der Waals surface area contributed by atoms with Crippen LogP contribution in [0.25, 0.3) is 0 Å². The van der Waals surface area contributed by atoms with Crippen LogP contribution in [0.1, 0.15) is 24.4 Å². The molecule has 1 fully saturated rings. The molecule has 6 heteroatoms. The van der Waals surface area contributed by atoms with Crippen LogP contribution in [0.4, 0.5) is 0 Å². The van der Waals surface area contributed by atoms with Crippen molar-refractivity contribution in [3.8, 4) is 0 Å². The first-order chi connectivity index (χ1) is 10.5. The lowest BCUT2D eigenvalue weighted by Crippen LogP contribution is -2.44. The van der Waals surface area contributed by atoms with Crippen molar-refractivity contribution in [2.75, 3.05) is 33.7 Å². The molecule has 1 N–H and O–H groups in total. The Morgan fingerprint density at radius 3 is 2.59 bits per heavy atom. The van der Waals surface area contributed by atoms with Crippen molar-refractivity contribution in [1.82, 2.24) is 15.1 Å². The third kappa shape index (κ3) is 4.34. The molecule has 0 bridgehead atoms. The summed E-state index contributed by atoms with van der Waals surface area (Å²) in [5, 5.41) is 2.69. The molecule has 1 aliphatic heterocycles. The molecule has 0 unspecified atom stereocenters. The Kier molecular flexibility index (Phi) is 5.60. The molecule has 1 saturated heterocycles. The van der Waals surface area contributed by atoms with Gasteiger partial charge in [0.1, 0.15) is 11.5 Å². The predicted molar refractivity (Wildman–Crippen MR) is 83.1 cm³/mol. The fourth-order valence-corrected chi connectivity index (χ4v) is 2.76. The van der Waals surface area contributed by atoms with E-state index in [1.165, 1.54) is 0 Å². The van der Waals surface area contributed by atoms with Crippen molar-refractivity contribution in [2.45, 2.75) is 26.3 Å². The number of likely N-dealkylation sites (tertiary alicyclic amines) is 1. The van der Waals surface area contributed by atoms with Crippen LogP contribution in [-0.2, 0) is 16.1 Å². The number of amides is 2. The van der Waals surface area contributed by atoms with Gasteiger partial charge in [-0.05, 0) is 45.0 Å². The number of hydrogen-bond acceptors (Lipinski definition) is 4. The average Bonchev–Trinajstić information content (AvgIpc) is 2.92. The highest BCUT2D eigenvalue weighted by Gasteiger charge is 2.25. The van der Waals surface area contributed by atoms with Gasteiger partial charge in [-0.3, -0.25) is 14.5 Å². The monoisotopic (exact) mass is 307 g/mol. The minimum Gasteiger partial charge on any atom is -0.464 e. The molecule has 122 valence electrons. The van der Waals surface area contributed by atoms with Crippen LogP contribution in [0.2, 0.25) is 0 Å². The molecule has 0 aliphatic carbocycles. The lowest BCUT2D eigenvalue weighted by Gasteiger charge is -2.31. The fraction of sp³-hybridized carbons (Fsp3) is 0.625. The number of carbonyl (C=O) groups excluding carboxylic acids is 2. The second kappa shape index (κ2) is 7.45. The van der Waals surface area contributed by atoms with E-state index < -0.39 is 0 Å². The third-order valence-corrected chi connectivity index (χ3v) is 4.18. The summed E-state index contributed by atoms with van der Waals surface area (Å²) in [7, 11) is 3.46. The summed E-state index contributed by atoms with van der Waals surface area (Å²) < 4.78 is 5.50. The second-order valence-corrected chi connectivity index (χ2v) is 5.93. The number of nitrogens with zero attached hydrogens (tertiary/aromatic N) is 2. The number of rotatable bonds is 5. The first-order valence-corrected chi connectivity index (χ1v) is 7.73. The van der Waals surface area contributed by atoms with Gasteiger partial charge in [-0.25, -0.2) is 0 Å². The zero-order chi connectivity index (χ0) is 16.1. The van der Waals surface area contributed by atoms with E-state index in [2.05, 4.69) is 10.2 Å². The van der Waals surface area contributed by atoms with Gasteiger partial charge in [0.05, 0.1) is 13.1 Å². The highest BCUT2D eigenvalue weighted by molar-refractivity contribution is 5.79. The molecule has 1 aromatic heterocycles. The van der Waals surface area contributed by atoms with Gasteiger partial charge in [0.2, 0.25) is 11.8 Å². The molecular formula is C16H25N3O3. The maximum atomic E-state index is 12.3. The van der Waals surface area contributed by atoms with E-state index in [0.29, 0.717) is 13.1 Å². The zero-order valence-corrected chi connectivity index (χ0v) is 13.6. The van der Waals surface area contributed by atoms with E-state index >= 15 is 0 Å². The first kappa shape index (κ1) is 16.5. The number of piperidine rings is 1. The summed E-state index contributed by atoms with van der Waals surface area (Å²) in [4.78, 5) is 27.7. The van der Waals surface area contributed by atoms with Crippen molar-refractivity contribution in [3.63, 3.8) is 0 Å². The van der Waals surface area contributed by atoms with Crippen molar-refractivity contribution in [2.24, 2.45) is 5.92 Å². The SMILES string of the molecule is CNC(=O)C1CCN(CC(=O)N(C)Cc2ccc(C)o2)CC1. The Balaban J connectivity index is 1.76. The van der Waals surface area contributed by atoms with Gasteiger partial charge in [0, 0.05) is 20.0 Å². The maximum Gasteiger partial charge on any atom is 0.236 e. The minimum absolute atomic E-state index is 0.0763. The van der Waals surface area contributed by atoms with E-state index in [0.717, 1.165) is 37.5 Å². The van der Waals surface area contributed by atoms with Gasteiger partial charge in [0.15, 0.2) is 0 Å². The van der Waals surface area contributed by atoms with Gasteiger partial charge in [-0.15, -0.1) is 0 Å². The molecule has 1 aliphatic rings. The second-order valence-electron chi connectivity index (χ2n) is 5.93. The van der Waals surface area contributed by atoms with E-state index in [-0.39, 0.29) is 17.7 Å². The van der Waals surface area contributed by atoms with Crippen molar-refractivity contribution in [3.05, 3.63) is 23.7 Å². The van der Waals surface area contributed by atoms with Crippen LogP contribution in [0.5, 0.6) is 0 Å². The standard InChI is InChI=1S/C16H25N3O3/c1-12-4-5-14(22-12)10-18(3)15(20)11-19-8-6-13(7-9-19)16(21)17-2/h4-5,13H,6-11H2,1-3H3,(H,17,21). The molecule has 0 aromatic carbocycles. The van der Waals surface area contributed by atoms with Crippen molar-refractivity contribution >= 4 is 11.8 Å². The van der Waals surface area contributed by atoms with Gasteiger partial charge >= 0.3 is 0 Å². The number of furan rings is 1. The average molecular weight is 307 g/mol. The molecule has 2 amide bonds. The topological polar surface area (TPSA) is 65.8 Å². The largest absolute Gasteiger partial charge is 0.464 e. The van der Waals surface area contributed by atoms with Crippen molar-refractivity contribution in [1.29, 1.82) is 0 Å². The highest BCUT2D eigenvalue weighted by atomic mass is 16.3. The number of hydrogen-bond donors (Lipinski definition) is 1. The Morgan fingerprint density at radius 1 is 1.36 bits per heavy atom. The van der Waals surface area contributed by atoms with Gasteiger partial charge in [-0.2, -0.15) is 0 Å². The number of nitrogens with one attached hydrogen (secondary N) is 1. The number of likely N-dealkylation sites (N-methyl/N-ethyl adjacent to an activating group) is 1. The molecule has 2 rings (SSSR count). The van der Waals surface area contributed by atoms with E-state index in [9.17, 15) is 9.59 Å². The summed E-state index contributed by atoms with van der Waals surface area (Å²) >= 11 is 0. The lowest BCUT2D eigenvalue weighted by molar-refractivity contribution is -0.132. The lowest BCUT2D eigenvalue weighted by atomic mass is 9.96. The Morgan fingerprint density at radius 2 is 2.05 bits per heavy atom. The van der Waals surface area contributed by atoms with Crippen LogP contribution in [0.3, 0.4) is 0 Å². The summed E-state index contributed by atoms with van der Waals surface area (Å²) in [6.07, 6.45) is 1.63. The number of carbonyl (C=O) groups is 2. The van der Waals surface area contributed by atoms with Crippen LogP contribution in [-0.4, -0.2) is 55.3 Å². The van der Waals surface area contributed by atoms with E-state index in [1.807, 2.05) is 19.1 Å². The maximum absolute atomic E-state index is 12.3. The zero-order valence-electron chi connectivity index (χ0n) is 13.6. The molecule has 1 aromatic rings. The normalized spacial score (nSPS) is 16.5. The summed E-state index contributed by atoms with van der Waals surface area (Å²) in [5.74, 6) is 1.92. The number of aryl methyl sites for hydroxylation is 1. The molecule has 22 heavy (non-hydrogen) atoms. The predicted octanol–water partition coefficient (Wildman–Crippen LogP) is 1.00. The summed E-state index contributed by atoms with van der Waals surface area (Å²) in [5.41, 5.74) is 0. The third-order valence-electron chi connectivity index (χ3n) is 4.18. The van der Waals surface area contributed by atoms with Crippen LogP contribution in [0, 0.1) is 12.8 Å². The molecule has 0 radical (unpaired) electrons. The van der Waals surface area contributed by atoms with Crippen LogP contribution < -0.4 is 5.32 Å². The minimum atomic E-state index is 0.0763. The van der Waals surface area contributed by atoms with Crippen molar-refractivity contribution < 1.29 is 14.0 Å². The fourth-order valence-electron chi connectivity index (χ4n) is 2.76. The first-order valence-electron chi connectivity index (χ1n) is 7.73. The molecular weight excluding hydrogens is 282 g/mol. The highest BCUT2D eigenvalue weighted by Crippen LogP contribution is 2.17. The van der Waals surface area contributed by atoms with Gasteiger partial charge in [0.25, 0.3) is 0 Å². The van der Waals surface area contributed by atoms with Gasteiger partial charge in [-0.1, -0.05) is 0 Å². The van der Waals surface area contributed by atoms with Gasteiger partial charge < -0.3 is 14.6 Å². The molecule has 0 saturated carbocycles. The Hall–Kier alpha value is -1.82. The molecule has 0 atom stereocenters. The molecule has 0 spiro atoms. The quantitative estimate of drug-likeness (QED) is 0.881. The summed E-state index contributed by atoms with van der Waals surface area (Å²) in [6, 6.07) is 3.80. The van der Waals surface area contributed by atoms with Crippen LogP contribution in [0.15, 0.2) is 16.5 Å². The van der Waals surface area contributed by atoms with E-state index in [4.69, 9.17) is 4.42 Å². The van der Waals surface area contributed by atoms with Crippen LogP contribution >= 0.6 is 0 Å². The Labute approximate surface area is 131 Å². The molecule has 6 nitrogen and oxygen atoms in total.